The normalized spacial score (nSPS) is 10.6. The number of nitrogens with zero attached hydrogens (tertiary/aromatic N) is 1. The molecular weight excluding hydrogens is 398 g/mol. The van der Waals surface area contributed by atoms with Gasteiger partial charge < -0.3 is 19.2 Å². The van der Waals surface area contributed by atoms with E-state index in [-0.39, 0.29) is 18.4 Å². The second kappa shape index (κ2) is 10.6. The van der Waals surface area contributed by atoms with Gasteiger partial charge in [-0.15, -0.1) is 0 Å². The molecular formula is C23H23N3O5. The molecule has 0 aliphatic carbocycles. The molecule has 1 amide bonds. The number of furan rings is 1. The summed E-state index contributed by atoms with van der Waals surface area (Å²) < 4.78 is 15.9. The van der Waals surface area contributed by atoms with Crippen molar-refractivity contribution in [1.29, 1.82) is 0 Å². The van der Waals surface area contributed by atoms with E-state index in [1.54, 1.807) is 56.5 Å². The Morgan fingerprint density at radius 2 is 1.84 bits per heavy atom. The van der Waals surface area contributed by atoms with Gasteiger partial charge in [0.05, 0.1) is 37.7 Å². The van der Waals surface area contributed by atoms with Gasteiger partial charge in [-0.1, -0.05) is 24.3 Å². The first-order valence-corrected chi connectivity index (χ1v) is 9.67. The van der Waals surface area contributed by atoms with Crippen molar-refractivity contribution in [2.45, 2.75) is 6.92 Å². The van der Waals surface area contributed by atoms with E-state index in [2.05, 4.69) is 15.8 Å². The highest BCUT2D eigenvalue weighted by Crippen LogP contribution is 2.23. The summed E-state index contributed by atoms with van der Waals surface area (Å²) in [5.74, 6) is 1.06. The van der Waals surface area contributed by atoms with E-state index in [0.29, 0.717) is 35.1 Å². The summed E-state index contributed by atoms with van der Waals surface area (Å²) in [5.41, 5.74) is 4.43. The first kappa shape index (κ1) is 21.6. The van der Waals surface area contributed by atoms with Gasteiger partial charge in [-0.05, 0) is 43.3 Å². The Bertz CT molecular complexity index is 1060. The van der Waals surface area contributed by atoms with E-state index < -0.39 is 0 Å². The second-order valence-corrected chi connectivity index (χ2v) is 6.35. The van der Waals surface area contributed by atoms with Gasteiger partial charge in [0.1, 0.15) is 17.3 Å². The monoisotopic (exact) mass is 421 g/mol. The van der Waals surface area contributed by atoms with Crippen LogP contribution in [0.5, 0.6) is 5.75 Å². The third-order valence-corrected chi connectivity index (χ3v) is 4.23. The zero-order valence-electron chi connectivity index (χ0n) is 17.3. The van der Waals surface area contributed by atoms with Gasteiger partial charge in [0.15, 0.2) is 0 Å². The minimum atomic E-state index is -0.364. The lowest BCUT2D eigenvalue weighted by molar-refractivity contribution is -0.119. The van der Waals surface area contributed by atoms with Crippen molar-refractivity contribution < 1.29 is 23.5 Å². The number of anilines is 1. The van der Waals surface area contributed by atoms with E-state index in [4.69, 9.17) is 13.9 Å². The molecule has 0 atom stereocenters. The second-order valence-electron chi connectivity index (χ2n) is 6.35. The Labute approximate surface area is 179 Å². The molecule has 3 rings (SSSR count). The number of benzene rings is 2. The van der Waals surface area contributed by atoms with E-state index >= 15 is 0 Å². The largest absolute Gasteiger partial charge is 0.495 e. The number of methoxy groups -OCH3 is 1. The molecule has 0 radical (unpaired) electrons. The standard InChI is InChI=1S/C23H23N3O5/c1-3-30-23(28)17-10-8-16(9-11-17)20-13-12-18(31-20)14-25-26-22(27)15-24-19-6-4-5-7-21(19)29-2/h4-14,24H,3,15H2,1-2H3,(H,26,27). The summed E-state index contributed by atoms with van der Waals surface area (Å²) in [6.07, 6.45) is 1.41. The number of nitrogens with one attached hydrogen (secondary N) is 2. The Morgan fingerprint density at radius 3 is 2.58 bits per heavy atom. The van der Waals surface area contributed by atoms with Crippen LogP contribution in [0, 0.1) is 0 Å². The molecule has 160 valence electrons. The lowest BCUT2D eigenvalue weighted by Gasteiger charge is -2.09. The van der Waals surface area contributed by atoms with Gasteiger partial charge >= 0.3 is 5.97 Å². The van der Waals surface area contributed by atoms with Crippen molar-refractivity contribution in [3.8, 4) is 17.1 Å². The van der Waals surface area contributed by atoms with Crippen LogP contribution >= 0.6 is 0 Å². The SMILES string of the molecule is CCOC(=O)c1ccc(-c2ccc(C=NNC(=O)CNc3ccccc3OC)o2)cc1. The molecule has 0 spiro atoms. The maximum atomic E-state index is 12.0. The molecule has 0 unspecified atom stereocenters. The zero-order valence-corrected chi connectivity index (χ0v) is 17.3. The fourth-order valence-corrected chi connectivity index (χ4v) is 2.74. The lowest BCUT2D eigenvalue weighted by atomic mass is 10.1. The summed E-state index contributed by atoms with van der Waals surface area (Å²) in [6, 6.07) is 17.7. The van der Waals surface area contributed by atoms with E-state index in [0.717, 1.165) is 5.56 Å². The maximum Gasteiger partial charge on any atom is 0.338 e. The predicted molar refractivity (Wildman–Crippen MR) is 117 cm³/mol. The molecule has 2 aromatic carbocycles. The Kier molecular flexibility index (Phi) is 7.42. The third kappa shape index (κ3) is 5.96. The molecule has 8 heteroatoms. The fourth-order valence-electron chi connectivity index (χ4n) is 2.74. The minimum absolute atomic E-state index is 0.0356. The van der Waals surface area contributed by atoms with Crippen LogP contribution in [0.25, 0.3) is 11.3 Å². The van der Waals surface area contributed by atoms with Gasteiger partial charge in [-0.2, -0.15) is 5.10 Å². The summed E-state index contributed by atoms with van der Waals surface area (Å²) in [7, 11) is 1.57. The van der Waals surface area contributed by atoms with Gasteiger partial charge in [0.2, 0.25) is 0 Å². The van der Waals surface area contributed by atoms with Gasteiger partial charge in [-0.25, -0.2) is 10.2 Å². The van der Waals surface area contributed by atoms with Crippen molar-refractivity contribution >= 4 is 23.8 Å². The van der Waals surface area contributed by atoms with Crippen LogP contribution in [0.2, 0.25) is 0 Å². The van der Waals surface area contributed by atoms with Crippen LogP contribution in [0.3, 0.4) is 0 Å². The fraction of sp³-hybridized carbons (Fsp3) is 0.174. The predicted octanol–water partition coefficient (Wildman–Crippen LogP) is 3.69. The summed E-state index contributed by atoms with van der Waals surface area (Å²) in [5, 5.41) is 6.90. The molecule has 0 bridgehead atoms. The molecule has 1 aromatic heterocycles. The lowest BCUT2D eigenvalue weighted by Crippen LogP contribution is -2.26. The molecule has 0 fully saturated rings. The van der Waals surface area contributed by atoms with Crippen molar-refractivity contribution in [2.75, 3.05) is 25.6 Å². The summed E-state index contributed by atoms with van der Waals surface area (Å²) in [6.45, 7) is 2.13. The Balaban J connectivity index is 1.52. The quantitative estimate of drug-likeness (QED) is 0.310. The number of amides is 1. The summed E-state index contributed by atoms with van der Waals surface area (Å²) in [4.78, 5) is 23.7. The highest BCUT2D eigenvalue weighted by Gasteiger charge is 2.09. The minimum Gasteiger partial charge on any atom is -0.495 e. The average molecular weight is 421 g/mol. The Morgan fingerprint density at radius 1 is 1.06 bits per heavy atom. The van der Waals surface area contributed by atoms with E-state index in [1.165, 1.54) is 6.21 Å². The van der Waals surface area contributed by atoms with Gasteiger partial charge in [0, 0.05) is 5.56 Å². The summed E-state index contributed by atoms with van der Waals surface area (Å²) >= 11 is 0. The van der Waals surface area contributed by atoms with Crippen LogP contribution in [0.15, 0.2) is 70.2 Å². The number of hydrazone groups is 1. The molecule has 0 saturated heterocycles. The van der Waals surface area contributed by atoms with Crippen LogP contribution in [-0.4, -0.2) is 38.4 Å². The van der Waals surface area contributed by atoms with Crippen LogP contribution in [-0.2, 0) is 9.53 Å². The van der Waals surface area contributed by atoms with Crippen LogP contribution in [0.1, 0.15) is 23.0 Å². The highest BCUT2D eigenvalue weighted by atomic mass is 16.5. The van der Waals surface area contributed by atoms with E-state index in [9.17, 15) is 9.59 Å². The number of carbonyl (C=O) groups excluding carboxylic acids is 2. The van der Waals surface area contributed by atoms with Crippen LogP contribution in [0.4, 0.5) is 5.69 Å². The molecule has 0 aliphatic rings. The van der Waals surface area contributed by atoms with Crippen molar-refractivity contribution in [3.05, 3.63) is 72.0 Å². The number of para-hydroxylation sites is 2. The topological polar surface area (TPSA) is 102 Å². The molecule has 31 heavy (non-hydrogen) atoms. The van der Waals surface area contributed by atoms with Crippen molar-refractivity contribution in [1.82, 2.24) is 5.43 Å². The molecule has 0 aliphatic heterocycles. The maximum absolute atomic E-state index is 12.0. The number of hydrogen-bond acceptors (Lipinski definition) is 7. The van der Waals surface area contributed by atoms with Crippen molar-refractivity contribution in [2.24, 2.45) is 5.10 Å². The average Bonchev–Trinajstić information content (AvgIpc) is 3.27. The third-order valence-electron chi connectivity index (χ3n) is 4.23. The van der Waals surface area contributed by atoms with Gasteiger partial charge in [-0.3, -0.25) is 4.79 Å². The molecule has 8 nitrogen and oxygen atoms in total. The Hall–Kier alpha value is -4.07. The number of hydrogen-bond donors (Lipinski definition) is 2. The smallest absolute Gasteiger partial charge is 0.338 e. The number of esters is 1. The first-order valence-electron chi connectivity index (χ1n) is 9.67. The molecule has 2 N–H and O–H groups in total. The molecule has 3 aromatic rings. The zero-order chi connectivity index (χ0) is 22.1. The highest BCUT2D eigenvalue weighted by molar-refractivity contribution is 5.90. The van der Waals surface area contributed by atoms with Crippen LogP contribution < -0.4 is 15.5 Å². The molecule has 0 saturated carbocycles. The molecule has 1 heterocycles. The van der Waals surface area contributed by atoms with Crippen molar-refractivity contribution in [3.63, 3.8) is 0 Å². The number of rotatable bonds is 9. The number of ether oxygens (including phenoxy) is 2. The number of carbonyl (C=O) groups is 2. The van der Waals surface area contributed by atoms with Gasteiger partial charge in [0.25, 0.3) is 5.91 Å². The first-order chi connectivity index (χ1) is 15.1. The van der Waals surface area contributed by atoms with E-state index in [1.807, 2.05) is 18.2 Å².